The van der Waals surface area contributed by atoms with E-state index in [-0.39, 0.29) is 17.5 Å². The Balaban J connectivity index is 1.63. The number of hydrogen-bond donors (Lipinski definition) is 1. The predicted octanol–water partition coefficient (Wildman–Crippen LogP) is 5.03. The number of aryl methyl sites for hydroxylation is 1. The zero-order valence-electron chi connectivity index (χ0n) is 15.7. The van der Waals surface area contributed by atoms with E-state index in [0.717, 1.165) is 41.1 Å². The highest BCUT2D eigenvalue weighted by molar-refractivity contribution is 6.32. The number of fused-ring (bicyclic) bond motifs is 3. The van der Waals surface area contributed by atoms with Gasteiger partial charge in [0.2, 0.25) is 0 Å². The van der Waals surface area contributed by atoms with Crippen LogP contribution in [0.2, 0.25) is 5.02 Å². The Labute approximate surface area is 177 Å². The fourth-order valence-corrected chi connectivity index (χ4v) is 4.57. The van der Waals surface area contributed by atoms with Crippen LogP contribution >= 0.6 is 11.6 Å². The fraction of sp³-hybridized carbons (Fsp3) is 0.174. The highest BCUT2D eigenvalue weighted by Crippen LogP contribution is 2.46. The van der Waals surface area contributed by atoms with E-state index < -0.39 is 5.97 Å². The standard InChI is InChI=1S/C23H16ClN3O3/c24-19-11-16(6-3-15(19)12-25)27-22(20-2-1-9-30-20)18-8-4-13-10-14(23(28)29)5-7-17(13)21(18)26-27/h1-3,5-7,9-11,18,22H,4,8H2,(H,28,29). The van der Waals surface area contributed by atoms with Gasteiger partial charge in [-0.3, -0.25) is 5.01 Å². The minimum Gasteiger partial charge on any atom is -0.478 e. The van der Waals surface area contributed by atoms with Crippen LogP contribution in [-0.2, 0) is 6.42 Å². The molecule has 2 atom stereocenters. The van der Waals surface area contributed by atoms with Gasteiger partial charge >= 0.3 is 5.97 Å². The van der Waals surface area contributed by atoms with Gasteiger partial charge in [0.1, 0.15) is 17.9 Å². The van der Waals surface area contributed by atoms with Gasteiger partial charge in [0.05, 0.1) is 33.8 Å². The Morgan fingerprint density at radius 2 is 2.13 bits per heavy atom. The second-order valence-corrected chi connectivity index (χ2v) is 7.80. The van der Waals surface area contributed by atoms with Crippen LogP contribution in [0, 0.1) is 17.2 Å². The summed E-state index contributed by atoms with van der Waals surface area (Å²) >= 11 is 6.28. The zero-order chi connectivity index (χ0) is 20.8. The van der Waals surface area contributed by atoms with Crippen LogP contribution in [0.5, 0.6) is 0 Å². The van der Waals surface area contributed by atoms with Gasteiger partial charge in [-0.05, 0) is 60.9 Å². The second-order valence-electron chi connectivity index (χ2n) is 7.39. The summed E-state index contributed by atoms with van der Waals surface area (Å²) in [6.07, 6.45) is 3.23. The van der Waals surface area contributed by atoms with Gasteiger partial charge in [0.25, 0.3) is 0 Å². The van der Waals surface area contributed by atoms with E-state index in [1.165, 1.54) is 0 Å². The normalized spacial score (nSPS) is 19.6. The van der Waals surface area contributed by atoms with E-state index in [1.54, 1.807) is 30.5 Å². The van der Waals surface area contributed by atoms with E-state index >= 15 is 0 Å². The molecular formula is C23H16ClN3O3. The molecule has 0 amide bonds. The number of rotatable bonds is 3. The molecule has 0 saturated heterocycles. The molecule has 6 nitrogen and oxygen atoms in total. The van der Waals surface area contributed by atoms with Crippen molar-refractivity contribution in [3.63, 3.8) is 0 Å². The summed E-state index contributed by atoms with van der Waals surface area (Å²) < 4.78 is 5.75. The molecule has 0 radical (unpaired) electrons. The maximum absolute atomic E-state index is 11.4. The van der Waals surface area contributed by atoms with E-state index in [9.17, 15) is 15.2 Å². The van der Waals surface area contributed by atoms with E-state index in [2.05, 4.69) is 6.07 Å². The lowest BCUT2D eigenvalue weighted by molar-refractivity contribution is 0.0696. The maximum atomic E-state index is 11.4. The number of hydrazone groups is 1. The van der Waals surface area contributed by atoms with Crippen molar-refractivity contribution in [2.24, 2.45) is 11.0 Å². The smallest absolute Gasteiger partial charge is 0.335 e. The second kappa shape index (κ2) is 7.05. The molecule has 2 unspecified atom stereocenters. The number of carbonyl (C=O) groups is 1. The zero-order valence-corrected chi connectivity index (χ0v) is 16.5. The molecule has 148 valence electrons. The summed E-state index contributed by atoms with van der Waals surface area (Å²) in [6, 6.07) is 16.2. The third-order valence-electron chi connectivity index (χ3n) is 5.74. The van der Waals surface area contributed by atoms with E-state index in [1.807, 2.05) is 29.3 Å². The number of furan rings is 1. The monoisotopic (exact) mass is 417 g/mol. The van der Waals surface area contributed by atoms with E-state index in [0.29, 0.717) is 10.6 Å². The Bertz CT molecular complexity index is 1230. The number of hydrogen-bond acceptors (Lipinski definition) is 5. The molecular weight excluding hydrogens is 402 g/mol. The van der Waals surface area contributed by atoms with Crippen LogP contribution in [-0.4, -0.2) is 16.8 Å². The van der Waals surface area contributed by atoms with Gasteiger partial charge in [-0.15, -0.1) is 0 Å². The summed E-state index contributed by atoms with van der Waals surface area (Å²) in [5.41, 5.74) is 4.33. The molecule has 0 saturated carbocycles. The maximum Gasteiger partial charge on any atom is 0.335 e. The molecule has 2 aliphatic rings. The van der Waals surface area contributed by atoms with Crippen molar-refractivity contribution >= 4 is 29.0 Å². The van der Waals surface area contributed by atoms with Crippen LogP contribution < -0.4 is 5.01 Å². The Morgan fingerprint density at radius 1 is 1.27 bits per heavy atom. The highest BCUT2D eigenvalue weighted by atomic mass is 35.5. The molecule has 0 bridgehead atoms. The fourth-order valence-electron chi connectivity index (χ4n) is 4.35. The lowest BCUT2D eigenvalue weighted by Crippen LogP contribution is -2.28. The summed E-state index contributed by atoms with van der Waals surface area (Å²) in [5.74, 6) is -0.0471. The third-order valence-corrected chi connectivity index (χ3v) is 6.05. The molecule has 7 heteroatoms. The molecule has 3 aromatic rings. The van der Waals surface area contributed by atoms with Gasteiger partial charge < -0.3 is 9.52 Å². The number of carboxylic acid groups (broad SMARTS) is 1. The number of carboxylic acids is 1. The predicted molar refractivity (Wildman–Crippen MR) is 112 cm³/mol. The minimum atomic E-state index is -0.935. The number of halogens is 1. The Morgan fingerprint density at radius 3 is 2.83 bits per heavy atom. The average Bonchev–Trinajstić information content (AvgIpc) is 3.40. The van der Waals surface area contributed by atoms with Crippen molar-refractivity contribution in [2.45, 2.75) is 18.9 Å². The van der Waals surface area contributed by atoms with Crippen LogP contribution in [0.3, 0.4) is 0 Å². The molecule has 1 aliphatic heterocycles. The first kappa shape index (κ1) is 18.5. The topological polar surface area (TPSA) is 89.8 Å². The first-order chi connectivity index (χ1) is 14.6. The lowest BCUT2D eigenvalue weighted by Gasteiger charge is -2.29. The van der Waals surface area contributed by atoms with Crippen LogP contribution in [0.15, 0.2) is 64.3 Å². The molecule has 30 heavy (non-hydrogen) atoms. The average molecular weight is 418 g/mol. The first-order valence-electron chi connectivity index (χ1n) is 9.54. The summed E-state index contributed by atoms with van der Waals surface area (Å²) in [6.45, 7) is 0. The first-order valence-corrected chi connectivity index (χ1v) is 9.92. The lowest BCUT2D eigenvalue weighted by atomic mass is 9.78. The van der Waals surface area contributed by atoms with Gasteiger partial charge in [0, 0.05) is 11.5 Å². The van der Waals surface area contributed by atoms with Crippen molar-refractivity contribution in [3.8, 4) is 6.07 Å². The summed E-state index contributed by atoms with van der Waals surface area (Å²) in [7, 11) is 0. The van der Waals surface area contributed by atoms with Gasteiger partial charge in [-0.2, -0.15) is 10.4 Å². The number of aromatic carboxylic acids is 1. The SMILES string of the molecule is N#Cc1ccc(N2N=C3c4ccc(C(=O)O)cc4CCC3C2c2ccco2)cc1Cl. The quantitative estimate of drug-likeness (QED) is 0.645. The number of benzene rings is 2. The van der Waals surface area contributed by atoms with Gasteiger partial charge in [-0.25, -0.2) is 4.79 Å². The number of nitriles is 1. The van der Waals surface area contributed by atoms with Crippen molar-refractivity contribution < 1.29 is 14.3 Å². The Hall–Kier alpha value is -3.56. The molecule has 1 aromatic heterocycles. The van der Waals surface area contributed by atoms with Crippen molar-refractivity contribution in [1.82, 2.24) is 0 Å². The molecule has 2 aromatic carbocycles. The number of nitrogens with zero attached hydrogens (tertiary/aromatic N) is 3. The summed E-state index contributed by atoms with van der Waals surface area (Å²) in [4.78, 5) is 11.4. The summed E-state index contributed by atoms with van der Waals surface area (Å²) in [5, 5.41) is 25.7. The Kier molecular flexibility index (Phi) is 4.34. The van der Waals surface area contributed by atoms with Crippen molar-refractivity contribution in [3.05, 3.63) is 87.8 Å². The molecule has 1 N–H and O–H groups in total. The molecule has 0 fully saturated rings. The minimum absolute atomic E-state index is 0.0914. The molecule has 0 spiro atoms. The number of anilines is 1. The van der Waals surface area contributed by atoms with Gasteiger partial charge in [-0.1, -0.05) is 17.7 Å². The van der Waals surface area contributed by atoms with Crippen molar-refractivity contribution in [1.29, 1.82) is 5.26 Å². The highest BCUT2D eigenvalue weighted by Gasteiger charge is 2.43. The molecule has 5 rings (SSSR count). The van der Waals surface area contributed by atoms with Gasteiger partial charge in [0.15, 0.2) is 0 Å². The van der Waals surface area contributed by atoms with E-state index in [4.69, 9.17) is 21.1 Å². The third kappa shape index (κ3) is 2.87. The van der Waals surface area contributed by atoms with Crippen LogP contribution in [0.25, 0.3) is 0 Å². The molecule has 1 aliphatic carbocycles. The van der Waals surface area contributed by atoms with Crippen molar-refractivity contribution in [2.75, 3.05) is 5.01 Å². The molecule has 2 heterocycles. The largest absolute Gasteiger partial charge is 0.478 e. The van der Waals surface area contributed by atoms with Crippen LogP contribution in [0.4, 0.5) is 5.69 Å². The van der Waals surface area contributed by atoms with Crippen LogP contribution in [0.1, 0.15) is 45.3 Å².